The zero-order chi connectivity index (χ0) is 13.0. The number of benzene rings is 1. The van der Waals surface area contributed by atoms with Crippen LogP contribution in [-0.4, -0.2) is 12.9 Å². The van der Waals surface area contributed by atoms with E-state index in [1.54, 1.807) is 7.11 Å². The second kappa shape index (κ2) is 3.72. The molecule has 3 aliphatic carbocycles. The minimum absolute atomic E-state index is 0.0799. The fourth-order valence-corrected chi connectivity index (χ4v) is 4.42. The number of fused-ring (bicyclic) bond motifs is 4. The van der Waals surface area contributed by atoms with Gasteiger partial charge < -0.3 is 4.74 Å². The Kier molecular flexibility index (Phi) is 2.21. The lowest BCUT2D eigenvalue weighted by molar-refractivity contribution is 0.0669. The van der Waals surface area contributed by atoms with Crippen LogP contribution in [0.15, 0.2) is 29.8 Å². The maximum absolute atomic E-state index is 13.0. The Morgan fingerprint density at radius 2 is 2.26 bits per heavy atom. The monoisotopic (exact) mass is 254 g/mol. The minimum atomic E-state index is -0.0799. The topological polar surface area (TPSA) is 26.3 Å². The summed E-state index contributed by atoms with van der Waals surface area (Å²) in [7, 11) is 1.69. The van der Waals surface area contributed by atoms with Crippen LogP contribution in [0.2, 0.25) is 0 Å². The fourth-order valence-electron chi connectivity index (χ4n) is 4.42. The van der Waals surface area contributed by atoms with Gasteiger partial charge in [-0.1, -0.05) is 23.8 Å². The van der Waals surface area contributed by atoms with Crippen LogP contribution in [0.5, 0.6) is 5.75 Å². The molecule has 2 nitrogen and oxygen atoms in total. The van der Waals surface area contributed by atoms with Crippen LogP contribution >= 0.6 is 0 Å². The van der Waals surface area contributed by atoms with Gasteiger partial charge in [0.25, 0.3) is 0 Å². The lowest BCUT2D eigenvalue weighted by atomic mass is 9.63. The fraction of sp³-hybridized carbons (Fsp3) is 0.471. The Hall–Kier alpha value is -1.57. The van der Waals surface area contributed by atoms with Crippen molar-refractivity contribution in [3.05, 3.63) is 41.0 Å². The van der Waals surface area contributed by atoms with Gasteiger partial charge in [0, 0.05) is 16.5 Å². The molecule has 2 unspecified atom stereocenters. The Morgan fingerprint density at radius 1 is 1.37 bits per heavy atom. The Bertz CT molecular complexity index is 599. The SMILES string of the molecule is COc1cccc2c1CCC1(CC3=CCC1C3)C2=O. The molecule has 1 aromatic carbocycles. The Morgan fingerprint density at radius 3 is 2.95 bits per heavy atom. The number of rotatable bonds is 1. The number of carbonyl (C=O) groups is 1. The molecule has 1 fully saturated rings. The highest BCUT2D eigenvalue weighted by Crippen LogP contribution is 2.58. The quantitative estimate of drug-likeness (QED) is 0.716. The van der Waals surface area contributed by atoms with Crippen molar-refractivity contribution in [1.82, 2.24) is 0 Å². The largest absolute Gasteiger partial charge is 0.496 e. The first-order chi connectivity index (χ1) is 9.24. The molecule has 2 atom stereocenters. The number of hydrogen-bond acceptors (Lipinski definition) is 2. The van der Waals surface area contributed by atoms with E-state index in [2.05, 4.69) is 6.08 Å². The molecule has 0 radical (unpaired) electrons. The molecular weight excluding hydrogens is 236 g/mol. The zero-order valence-electron chi connectivity index (χ0n) is 11.2. The second-order valence-electron chi connectivity index (χ2n) is 6.15. The van der Waals surface area contributed by atoms with Crippen molar-refractivity contribution in [2.24, 2.45) is 11.3 Å². The van der Waals surface area contributed by atoms with Crippen molar-refractivity contribution < 1.29 is 9.53 Å². The lowest BCUT2D eigenvalue weighted by Gasteiger charge is -2.39. The van der Waals surface area contributed by atoms with Crippen LogP contribution < -0.4 is 4.74 Å². The molecule has 19 heavy (non-hydrogen) atoms. The van der Waals surface area contributed by atoms with E-state index in [0.29, 0.717) is 11.7 Å². The van der Waals surface area contributed by atoms with Gasteiger partial charge in [-0.25, -0.2) is 0 Å². The summed E-state index contributed by atoms with van der Waals surface area (Å²) in [6, 6.07) is 5.90. The number of ketones is 1. The average molecular weight is 254 g/mol. The van der Waals surface area contributed by atoms with Crippen LogP contribution in [0, 0.1) is 11.3 Å². The summed E-state index contributed by atoms with van der Waals surface area (Å²) in [5.74, 6) is 1.82. The number of hydrogen-bond donors (Lipinski definition) is 0. The lowest BCUT2D eigenvalue weighted by Crippen LogP contribution is -2.39. The van der Waals surface area contributed by atoms with Crippen molar-refractivity contribution >= 4 is 5.78 Å². The number of methoxy groups -OCH3 is 1. The van der Waals surface area contributed by atoms with Crippen LogP contribution in [0.4, 0.5) is 0 Å². The summed E-state index contributed by atoms with van der Waals surface area (Å²) in [5, 5.41) is 0. The van der Waals surface area contributed by atoms with Crippen molar-refractivity contribution in [3.8, 4) is 5.75 Å². The highest BCUT2D eigenvalue weighted by atomic mass is 16.5. The summed E-state index contributed by atoms with van der Waals surface area (Å²) < 4.78 is 5.41. The molecule has 4 rings (SSSR count). The molecule has 98 valence electrons. The number of allylic oxidation sites excluding steroid dienone is 2. The van der Waals surface area contributed by atoms with E-state index >= 15 is 0 Å². The maximum Gasteiger partial charge on any atom is 0.170 e. The highest BCUT2D eigenvalue weighted by molar-refractivity contribution is 6.04. The van der Waals surface area contributed by atoms with Gasteiger partial charge in [-0.2, -0.15) is 0 Å². The van der Waals surface area contributed by atoms with Crippen LogP contribution in [0.25, 0.3) is 0 Å². The standard InChI is InChI=1S/C17H18O2/c1-19-15-4-2-3-14-13(15)7-8-17(16(14)18)10-11-5-6-12(17)9-11/h2-5,12H,6-10H2,1H3. The van der Waals surface area contributed by atoms with Gasteiger partial charge in [-0.15, -0.1) is 0 Å². The van der Waals surface area contributed by atoms with Gasteiger partial charge in [0.1, 0.15) is 5.75 Å². The van der Waals surface area contributed by atoms with Crippen LogP contribution in [-0.2, 0) is 6.42 Å². The molecule has 2 heteroatoms. The van der Waals surface area contributed by atoms with Crippen LogP contribution in [0.3, 0.4) is 0 Å². The van der Waals surface area contributed by atoms with Gasteiger partial charge in [-0.3, -0.25) is 4.79 Å². The summed E-state index contributed by atoms with van der Waals surface area (Å²) in [5.41, 5.74) is 3.48. The number of ether oxygens (including phenoxy) is 1. The molecule has 1 saturated carbocycles. The molecule has 1 spiro atoms. The summed E-state index contributed by atoms with van der Waals surface area (Å²) in [6.07, 6.45) is 7.61. The minimum Gasteiger partial charge on any atom is -0.496 e. The third kappa shape index (κ3) is 1.35. The molecule has 0 N–H and O–H groups in total. The van der Waals surface area contributed by atoms with Gasteiger partial charge in [0.05, 0.1) is 7.11 Å². The first kappa shape index (κ1) is 11.3. The van der Waals surface area contributed by atoms with Crippen molar-refractivity contribution in [2.45, 2.75) is 32.1 Å². The van der Waals surface area contributed by atoms with E-state index in [1.807, 2.05) is 18.2 Å². The van der Waals surface area contributed by atoms with Crippen molar-refractivity contribution in [1.29, 1.82) is 0 Å². The third-order valence-electron chi connectivity index (χ3n) is 5.39. The van der Waals surface area contributed by atoms with E-state index in [0.717, 1.165) is 49.0 Å². The van der Waals surface area contributed by atoms with Gasteiger partial charge in [0.2, 0.25) is 0 Å². The third-order valence-corrected chi connectivity index (χ3v) is 5.39. The number of carbonyl (C=O) groups excluding carboxylic acids is 1. The van der Waals surface area contributed by atoms with Gasteiger partial charge in [-0.05, 0) is 44.1 Å². The number of Topliss-reactive ketones (excluding diaryl/α,β-unsaturated/α-hetero) is 1. The predicted octanol–water partition coefficient (Wildman–Crippen LogP) is 3.55. The molecule has 0 saturated heterocycles. The molecule has 1 aromatic rings. The summed E-state index contributed by atoms with van der Waals surface area (Å²) in [6.45, 7) is 0. The van der Waals surface area contributed by atoms with Crippen molar-refractivity contribution in [2.75, 3.05) is 7.11 Å². The van der Waals surface area contributed by atoms with Crippen molar-refractivity contribution in [3.63, 3.8) is 0 Å². The molecule has 2 bridgehead atoms. The molecular formula is C17H18O2. The Balaban J connectivity index is 1.82. The molecule has 0 heterocycles. The predicted molar refractivity (Wildman–Crippen MR) is 73.5 cm³/mol. The molecule has 3 aliphatic rings. The molecule has 0 amide bonds. The first-order valence-electron chi connectivity index (χ1n) is 7.13. The average Bonchev–Trinajstić information content (AvgIpc) is 3.04. The van der Waals surface area contributed by atoms with E-state index in [4.69, 9.17) is 4.74 Å². The second-order valence-corrected chi connectivity index (χ2v) is 6.15. The zero-order valence-corrected chi connectivity index (χ0v) is 11.2. The smallest absolute Gasteiger partial charge is 0.170 e. The normalized spacial score (nSPS) is 31.5. The molecule has 0 aliphatic heterocycles. The highest BCUT2D eigenvalue weighted by Gasteiger charge is 2.54. The van der Waals surface area contributed by atoms with E-state index < -0.39 is 0 Å². The van der Waals surface area contributed by atoms with E-state index in [1.165, 1.54) is 5.57 Å². The summed E-state index contributed by atoms with van der Waals surface area (Å²) >= 11 is 0. The van der Waals surface area contributed by atoms with E-state index in [9.17, 15) is 4.79 Å². The summed E-state index contributed by atoms with van der Waals surface area (Å²) in [4.78, 5) is 13.0. The maximum atomic E-state index is 13.0. The van der Waals surface area contributed by atoms with E-state index in [-0.39, 0.29) is 5.41 Å². The Labute approximate surface area is 113 Å². The van der Waals surface area contributed by atoms with Gasteiger partial charge >= 0.3 is 0 Å². The molecule has 0 aromatic heterocycles. The first-order valence-corrected chi connectivity index (χ1v) is 7.13. The van der Waals surface area contributed by atoms with Gasteiger partial charge in [0.15, 0.2) is 5.78 Å². The van der Waals surface area contributed by atoms with Crippen LogP contribution in [0.1, 0.15) is 41.6 Å².